The number of fused-ring (bicyclic) bond motifs is 1. The van der Waals surface area contributed by atoms with Crippen molar-refractivity contribution in [3.63, 3.8) is 0 Å². The lowest BCUT2D eigenvalue weighted by Gasteiger charge is -2.07. The summed E-state index contributed by atoms with van der Waals surface area (Å²) >= 11 is 0. The van der Waals surface area contributed by atoms with Crippen LogP contribution in [0.1, 0.15) is 38.9 Å². The number of imidazole rings is 1. The lowest BCUT2D eigenvalue weighted by molar-refractivity contribution is -0.673. The van der Waals surface area contributed by atoms with Crippen molar-refractivity contribution in [1.82, 2.24) is 19.1 Å². The molecule has 3 N–H and O–H groups in total. The van der Waals surface area contributed by atoms with E-state index in [1.165, 1.54) is 0 Å². The van der Waals surface area contributed by atoms with Crippen molar-refractivity contribution in [1.29, 1.82) is 0 Å². The van der Waals surface area contributed by atoms with Gasteiger partial charge < -0.3 is 14.6 Å². The molecule has 0 aliphatic carbocycles. The van der Waals surface area contributed by atoms with Crippen molar-refractivity contribution < 1.29 is 10.1 Å². The molecule has 8 heteroatoms. The standard InChI is InChI=1S/C16H27N5O3/c1-4-6-9-21-14-13(15(22)19-16(21)23)20(8-5-2)12(18-14)11-17-7-10-24-3/h17H,4-11H2,1-3H3,(H,19,22,23)/p+1. The highest BCUT2D eigenvalue weighted by Crippen LogP contribution is 2.12. The molecule has 0 aliphatic heterocycles. The van der Waals surface area contributed by atoms with Crippen LogP contribution in [-0.4, -0.2) is 39.4 Å². The van der Waals surface area contributed by atoms with Gasteiger partial charge in [-0.3, -0.25) is 14.3 Å². The fourth-order valence-corrected chi connectivity index (χ4v) is 2.79. The fraction of sp³-hybridized carbons (Fsp3) is 0.688. The Balaban J connectivity index is 2.49. The maximum absolute atomic E-state index is 12.4. The summed E-state index contributed by atoms with van der Waals surface area (Å²) in [7, 11) is 1.67. The summed E-state index contributed by atoms with van der Waals surface area (Å²) < 4.78 is 8.59. The molecule has 0 saturated heterocycles. The van der Waals surface area contributed by atoms with Gasteiger partial charge in [-0.1, -0.05) is 20.3 Å². The molecule has 0 saturated carbocycles. The molecule has 134 valence electrons. The van der Waals surface area contributed by atoms with Crippen LogP contribution in [0.15, 0.2) is 9.59 Å². The smallest absolute Gasteiger partial charge is 0.330 e. The van der Waals surface area contributed by atoms with Crippen LogP contribution in [0, 0.1) is 0 Å². The van der Waals surface area contributed by atoms with Gasteiger partial charge in [-0.2, -0.15) is 0 Å². The molecule has 0 aliphatic rings. The molecule has 0 bridgehead atoms. The van der Waals surface area contributed by atoms with E-state index in [1.54, 1.807) is 11.7 Å². The van der Waals surface area contributed by atoms with Crippen LogP contribution < -0.4 is 16.6 Å². The number of nitrogens with zero attached hydrogens (tertiary/aromatic N) is 3. The Morgan fingerprint density at radius 2 is 1.96 bits per heavy atom. The molecule has 0 spiro atoms. The summed E-state index contributed by atoms with van der Waals surface area (Å²) in [5.74, 6) is 0.823. The molecule has 0 aromatic carbocycles. The maximum atomic E-state index is 12.4. The van der Waals surface area contributed by atoms with Crippen LogP contribution in [0.2, 0.25) is 0 Å². The number of hydrogen-bond donors (Lipinski definition) is 2. The maximum Gasteiger partial charge on any atom is 0.330 e. The average molecular weight is 338 g/mol. The summed E-state index contributed by atoms with van der Waals surface area (Å²) in [6.07, 6.45) is 2.74. The summed E-state index contributed by atoms with van der Waals surface area (Å²) in [6.45, 7) is 7.54. The first-order valence-corrected chi connectivity index (χ1v) is 8.66. The van der Waals surface area contributed by atoms with Gasteiger partial charge in [-0.25, -0.2) is 9.78 Å². The highest BCUT2D eigenvalue weighted by molar-refractivity contribution is 5.70. The van der Waals surface area contributed by atoms with E-state index in [0.717, 1.165) is 31.6 Å². The van der Waals surface area contributed by atoms with Gasteiger partial charge in [0.2, 0.25) is 0 Å². The van der Waals surface area contributed by atoms with Crippen molar-refractivity contribution in [2.24, 2.45) is 0 Å². The summed E-state index contributed by atoms with van der Waals surface area (Å²) in [5.41, 5.74) is 0.271. The van der Waals surface area contributed by atoms with Gasteiger partial charge in [0.05, 0.1) is 13.2 Å². The number of rotatable bonds is 10. The Labute approximate surface area is 140 Å². The summed E-state index contributed by atoms with van der Waals surface area (Å²) in [6, 6.07) is 0. The van der Waals surface area contributed by atoms with Gasteiger partial charge in [0.15, 0.2) is 17.0 Å². The van der Waals surface area contributed by atoms with Crippen LogP contribution in [0.25, 0.3) is 11.2 Å². The molecule has 24 heavy (non-hydrogen) atoms. The largest absolute Gasteiger partial charge is 0.379 e. The van der Waals surface area contributed by atoms with E-state index in [-0.39, 0.29) is 11.2 Å². The number of ether oxygens (including phenoxy) is 1. The zero-order valence-electron chi connectivity index (χ0n) is 14.8. The van der Waals surface area contributed by atoms with E-state index in [0.29, 0.717) is 37.4 Å². The molecule has 0 unspecified atom stereocenters. The van der Waals surface area contributed by atoms with E-state index >= 15 is 0 Å². The Morgan fingerprint density at radius 1 is 1.17 bits per heavy atom. The lowest BCUT2D eigenvalue weighted by Crippen LogP contribution is -2.83. The van der Waals surface area contributed by atoms with Gasteiger partial charge in [0, 0.05) is 20.2 Å². The molecular weight excluding hydrogens is 310 g/mol. The highest BCUT2D eigenvalue weighted by Gasteiger charge is 2.18. The van der Waals surface area contributed by atoms with Gasteiger partial charge in [-0.05, 0) is 12.8 Å². The van der Waals surface area contributed by atoms with Crippen LogP contribution in [-0.2, 0) is 24.4 Å². The first-order chi connectivity index (χ1) is 11.6. The van der Waals surface area contributed by atoms with E-state index in [9.17, 15) is 9.59 Å². The second kappa shape index (κ2) is 8.79. The van der Waals surface area contributed by atoms with Gasteiger partial charge in [0.1, 0.15) is 6.54 Å². The number of quaternary nitrogens is 1. The van der Waals surface area contributed by atoms with Crippen molar-refractivity contribution in [2.75, 3.05) is 20.3 Å². The number of H-pyrrole nitrogens is 1. The van der Waals surface area contributed by atoms with Gasteiger partial charge >= 0.3 is 5.69 Å². The van der Waals surface area contributed by atoms with Crippen molar-refractivity contribution in [2.45, 2.75) is 52.7 Å². The molecule has 0 atom stereocenters. The zero-order valence-corrected chi connectivity index (χ0v) is 14.8. The number of hydrogen-bond acceptors (Lipinski definition) is 4. The molecule has 0 radical (unpaired) electrons. The molecule has 0 fully saturated rings. The molecular formula is C16H28N5O3+. The van der Waals surface area contributed by atoms with Crippen molar-refractivity contribution in [3.05, 3.63) is 26.7 Å². The fourth-order valence-electron chi connectivity index (χ4n) is 2.79. The Bertz CT molecular complexity index is 774. The van der Waals surface area contributed by atoms with Crippen LogP contribution in [0.4, 0.5) is 0 Å². The number of nitrogens with two attached hydrogens (primary N) is 1. The molecule has 0 amide bonds. The normalized spacial score (nSPS) is 11.5. The van der Waals surface area contributed by atoms with Crippen LogP contribution >= 0.6 is 0 Å². The SMILES string of the molecule is CCCCn1c(=O)[nH]c(=O)c2c1nc(C[NH2+]CCOC)n2CCC. The Kier molecular flexibility index (Phi) is 6.74. The number of nitrogens with one attached hydrogen (secondary N) is 1. The van der Waals surface area contributed by atoms with E-state index < -0.39 is 0 Å². The minimum absolute atomic E-state index is 0.355. The van der Waals surface area contributed by atoms with Crippen molar-refractivity contribution >= 4 is 11.2 Å². The average Bonchev–Trinajstić information content (AvgIpc) is 2.91. The molecule has 2 rings (SSSR count). The Morgan fingerprint density at radius 3 is 2.62 bits per heavy atom. The Hall–Kier alpha value is -1.93. The summed E-state index contributed by atoms with van der Waals surface area (Å²) in [5, 5.41) is 2.10. The summed E-state index contributed by atoms with van der Waals surface area (Å²) in [4.78, 5) is 31.6. The third-order valence-electron chi connectivity index (χ3n) is 4.00. The molecule has 2 heterocycles. The number of aromatic amines is 1. The lowest BCUT2D eigenvalue weighted by atomic mass is 10.3. The minimum atomic E-state index is -0.378. The highest BCUT2D eigenvalue weighted by atomic mass is 16.5. The number of unbranched alkanes of at least 4 members (excludes halogenated alkanes) is 1. The van der Waals surface area contributed by atoms with E-state index in [2.05, 4.69) is 29.1 Å². The van der Waals surface area contributed by atoms with Crippen molar-refractivity contribution in [3.8, 4) is 0 Å². The number of aromatic nitrogens is 4. The molecule has 2 aromatic heterocycles. The zero-order chi connectivity index (χ0) is 17.5. The third-order valence-corrected chi connectivity index (χ3v) is 4.00. The number of methoxy groups -OCH3 is 1. The minimum Gasteiger partial charge on any atom is -0.379 e. The van der Waals surface area contributed by atoms with E-state index in [4.69, 9.17) is 4.74 Å². The topological polar surface area (TPSA) is 98.5 Å². The third kappa shape index (κ3) is 3.93. The monoisotopic (exact) mass is 338 g/mol. The van der Waals surface area contributed by atoms with E-state index in [1.807, 2.05) is 4.57 Å². The first-order valence-electron chi connectivity index (χ1n) is 8.66. The second-order valence-corrected chi connectivity index (χ2v) is 5.89. The first kappa shape index (κ1) is 18.4. The molecule has 2 aromatic rings. The van der Waals surface area contributed by atoms with Gasteiger partial charge in [-0.15, -0.1) is 0 Å². The second-order valence-electron chi connectivity index (χ2n) is 5.89. The number of aryl methyl sites for hydroxylation is 2. The van der Waals surface area contributed by atoms with Gasteiger partial charge in [0.25, 0.3) is 5.56 Å². The predicted octanol–water partition coefficient (Wildman–Crippen LogP) is -0.194. The quantitative estimate of drug-likeness (QED) is 0.587. The van der Waals surface area contributed by atoms with Crippen LogP contribution in [0.5, 0.6) is 0 Å². The predicted molar refractivity (Wildman–Crippen MR) is 92.2 cm³/mol. The van der Waals surface area contributed by atoms with Crippen LogP contribution in [0.3, 0.4) is 0 Å². The molecule has 8 nitrogen and oxygen atoms in total.